The summed E-state index contributed by atoms with van der Waals surface area (Å²) in [5.41, 5.74) is 5.62. The molecule has 1 rings (SSSR count). The molecule has 2 N–H and O–H groups in total. The van der Waals surface area contributed by atoms with Crippen LogP contribution in [0.3, 0.4) is 0 Å². The quantitative estimate of drug-likeness (QED) is 0.551. The average Bonchev–Trinajstić information content (AvgIpc) is 2.68. The van der Waals surface area contributed by atoms with Gasteiger partial charge in [-0.05, 0) is 12.8 Å². The molecule has 0 saturated carbocycles. The van der Waals surface area contributed by atoms with E-state index >= 15 is 0 Å². The fourth-order valence-corrected chi connectivity index (χ4v) is 2.29. The minimum Gasteiger partial charge on any atom is -0.385 e. The molecule has 0 fully saturated rings. The van der Waals surface area contributed by atoms with E-state index in [4.69, 9.17) is 10.5 Å². The van der Waals surface area contributed by atoms with Crippen molar-refractivity contribution in [3.8, 4) is 0 Å². The molecule has 0 spiro atoms. The molecule has 0 unspecified atom stereocenters. The third-order valence-corrected chi connectivity index (χ3v) is 3.20. The summed E-state index contributed by atoms with van der Waals surface area (Å²) in [6.07, 6.45) is 2.09. The predicted octanol–water partition coefficient (Wildman–Crippen LogP) is 1.28. The number of nitrogens with zero attached hydrogens (tertiary/aromatic N) is 3. The van der Waals surface area contributed by atoms with Crippen LogP contribution in [-0.2, 0) is 17.8 Å². The Hall–Kier alpha value is -0.590. The lowest BCUT2D eigenvalue weighted by molar-refractivity contribution is 0.200. The van der Waals surface area contributed by atoms with Gasteiger partial charge in [0, 0.05) is 26.0 Å². The first-order chi connectivity index (χ1) is 7.83. The fourth-order valence-electron chi connectivity index (χ4n) is 1.39. The fraction of sp³-hybridized carbons (Fsp3) is 0.800. The lowest BCUT2D eigenvalue weighted by Crippen LogP contribution is -2.09. The van der Waals surface area contributed by atoms with Crippen molar-refractivity contribution in [3.05, 3.63) is 5.82 Å². The van der Waals surface area contributed by atoms with E-state index in [9.17, 15) is 0 Å². The number of hydrogen-bond acceptors (Lipinski definition) is 5. The van der Waals surface area contributed by atoms with E-state index in [0.717, 1.165) is 42.7 Å². The van der Waals surface area contributed by atoms with Crippen molar-refractivity contribution in [2.75, 3.05) is 19.5 Å². The minimum absolute atomic E-state index is 0.450. The topological polar surface area (TPSA) is 66.0 Å². The largest absolute Gasteiger partial charge is 0.385 e. The highest BCUT2D eigenvalue weighted by atomic mass is 32.2. The Morgan fingerprint density at radius 1 is 1.44 bits per heavy atom. The Kier molecular flexibility index (Phi) is 6.44. The number of ether oxygens (including phenoxy) is 1. The van der Waals surface area contributed by atoms with E-state index < -0.39 is 0 Å². The SMILES string of the molecule is CCCn1c(CN)nnc1SCCCOC. The molecule has 0 aliphatic heterocycles. The molecular weight excluding hydrogens is 224 g/mol. The first-order valence-electron chi connectivity index (χ1n) is 5.57. The van der Waals surface area contributed by atoms with Crippen LogP contribution in [0.5, 0.6) is 0 Å². The van der Waals surface area contributed by atoms with Gasteiger partial charge in [-0.25, -0.2) is 0 Å². The zero-order valence-corrected chi connectivity index (χ0v) is 10.8. The molecule has 0 aromatic carbocycles. The van der Waals surface area contributed by atoms with Gasteiger partial charge in [0.1, 0.15) is 5.82 Å². The van der Waals surface area contributed by atoms with Crippen molar-refractivity contribution in [2.45, 2.75) is 38.0 Å². The van der Waals surface area contributed by atoms with Gasteiger partial charge in [-0.3, -0.25) is 0 Å². The molecule has 0 radical (unpaired) electrons. The van der Waals surface area contributed by atoms with E-state index in [1.165, 1.54) is 0 Å². The van der Waals surface area contributed by atoms with Crippen LogP contribution in [0.2, 0.25) is 0 Å². The number of rotatable bonds is 8. The van der Waals surface area contributed by atoms with E-state index in [1.807, 2.05) is 0 Å². The molecule has 5 nitrogen and oxygen atoms in total. The molecule has 1 aromatic rings. The molecule has 0 atom stereocenters. The zero-order chi connectivity index (χ0) is 11.8. The Morgan fingerprint density at radius 2 is 2.25 bits per heavy atom. The molecule has 92 valence electrons. The number of hydrogen-bond donors (Lipinski definition) is 1. The number of thioether (sulfide) groups is 1. The number of aromatic nitrogens is 3. The Bertz CT molecular complexity index is 303. The molecule has 0 bridgehead atoms. The van der Waals surface area contributed by atoms with Crippen LogP contribution in [0, 0.1) is 0 Å². The lowest BCUT2D eigenvalue weighted by Gasteiger charge is -2.07. The highest BCUT2D eigenvalue weighted by molar-refractivity contribution is 7.99. The van der Waals surface area contributed by atoms with Crippen LogP contribution in [0.25, 0.3) is 0 Å². The van der Waals surface area contributed by atoms with Crippen LogP contribution in [0.4, 0.5) is 0 Å². The van der Waals surface area contributed by atoms with Crippen molar-refractivity contribution in [2.24, 2.45) is 5.73 Å². The summed E-state index contributed by atoms with van der Waals surface area (Å²) >= 11 is 1.72. The predicted molar refractivity (Wildman–Crippen MR) is 65.4 cm³/mol. The summed E-state index contributed by atoms with van der Waals surface area (Å²) in [7, 11) is 1.72. The van der Waals surface area contributed by atoms with Gasteiger partial charge in [-0.15, -0.1) is 10.2 Å². The molecular formula is C10H20N4OS. The van der Waals surface area contributed by atoms with Gasteiger partial charge < -0.3 is 15.0 Å². The van der Waals surface area contributed by atoms with Crippen LogP contribution < -0.4 is 5.73 Å². The third-order valence-electron chi connectivity index (χ3n) is 2.15. The van der Waals surface area contributed by atoms with Crippen LogP contribution in [-0.4, -0.2) is 34.2 Å². The van der Waals surface area contributed by atoms with Gasteiger partial charge in [-0.1, -0.05) is 18.7 Å². The zero-order valence-electron chi connectivity index (χ0n) is 9.98. The van der Waals surface area contributed by atoms with Crippen molar-refractivity contribution >= 4 is 11.8 Å². The van der Waals surface area contributed by atoms with E-state index in [2.05, 4.69) is 21.7 Å². The highest BCUT2D eigenvalue weighted by Crippen LogP contribution is 2.18. The van der Waals surface area contributed by atoms with Gasteiger partial charge in [0.05, 0.1) is 6.54 Å². The second-order valence-corrected chi connectivity index (χ2v) is 4.51. The maximum atomic E-state index is 5.62. The smallest absolute Gasteiger partial charge is 0.191 e. The molecule has 1 aromatic heterocycles. The standard InChI is InChI=1S/C10H20N4OS/c1-3-5-14-9(8-11)12-13-10(14)16-7-4-6-15-2/h3-8,11H2,1-2H3. The van der Waals surface area contributed by atoms with Gasteiger partial charge in [0.25, 0.3) is 0 Å². The average molecular weight is 244 g/mol. The molecule has 1 heterocycles. The minimum atomic E-state index is 0.450. The summed E-state index contributed by atoms with van der Waals surface area (Å²) < 4.78 is 7.12. The maximum Gasteiger partial charge on any atom is 0.191 e. The highest BCUT2D eigenvalue weighted by Gasteiger charge is 2.09. The van der Waals surface area contributed by atoms with Crippen LogP contribution in [0.1, 0.15) is 25.6 Å². The first kappa shape index (κ1) is 13.5. The molecule has 16 heavy (non-hydrogen) atoms. The second kappa shape index (κ2) is 7.65. The van der Waals surface area contributed by atoms with E-state index in [-0.39, 0.29) is 0 Å². The lowest BCUT2D eigenvalue weighted by atomic mass is 10.4. The van der Waals surface area contributed by atoms with Gasteiger partial charge in [0.15, 0.2) is 5.16 Å². The van der Waals surface area contributed by atoms with Crippen molar-refractivity contribution < 1.29 is 4.74 Å². The summed E-state index contributed by atoms with van der Waals surface area (Å²) in [6.45, 7) is 4.32. The Morgan fingerprint density at radius 3 is 2.88 bits per heavy atom. The monoisotopic (exact) mass is 244 g/mol. The maximum absolute atomic E-state index is 5.62. The van der Waals surface area contributed by atoms with Gasteiger partial charge in [0.2, 0.25) is 0 Å². The van der Waals surface area contributed by atoms with Crippen molar-refractivity contribution in [1.29, 1.82) is 0 Å². The number of nitrogens with two attached hydrogens (primary N) is 1. The first-order valence-corrected chi connectivity index (χ1v) is 6.55. The molecule has 0 aliphatic rings. The van der Waals surface area contributed by atoms with E-state index in [1.54, 1.807) is 18.9 Å². The number of methoxy groups -OCH3 is 1. The molecule has 6 heteroatoms. The summed E-state index contributed by atoms with van der Waals surface area (Å²) in [6, 6.07) is 0. The van der Waals surface area contributed by atoms with Crippen molar-refractivity contribution in [1.82, 2.24) is 14.8 Å². The van der Waals surface area contributed by atoms with Crippen LogP contribution >= 0.6 is 11.8 Å². The second-order valence-electron chi connectivity index (χ2n) is 3.45. The molecule has 0 saturated heterocycles. The van der Waals surface area contributed by atoms with Gasteiger partial charge >= 0.3 is 0 Å². The summed E-state index contributed by atoms with van der Waals surface area (Å²) in [4.78, 5) is 0. The van der Waals surface area contributed by atoms with E-state index in [0.29, 0.717) is 6.54 Å². The normalized spacial score (nSPS) is 10.9. The van der Waals surface area contributed by atoms with Crippen molar-refractivity contribution in [3.63, 3.8) is 0 Å². The Balaban J connectivity index is 2.53. The Labute approximate surface area is 101 Å². The summed E-state index contributed by atoms with van der Waals surface area (Å²) in [5.74, 6) is 1.87. The van der Waals surface area contributed by atoms with Gasteiger partial charge in [-0.2, -0.15) is 0 Å². The van der Waals surface area contributed by atoms with Crippen LogP contribution in [0.15, 0.2) is 5.16 Å². The summed E-state index contributed by atoms with van der Waals surface area (Å²) in [5, 5.41) is 9.22. The third kappa shape index (κ3) is 3.77. The molecule has 0 aliphatic carbocycles. The molecule has 0 amide bonds.